The molecule has 0 bridgehead atoms. The van der Waals surface area contributed by atoms with E-state index in [1.165, 1.54) is 35.4 Å². The molecule has 2 heterocycles. The monoisotopic (exact) mass is 476 g/mol. The molecule has 0 unspecified atom stereocenters. The summed E-state index contributed by atoms with van der Waals surface area (Å²) in [4.78, 5) is 19.4. The predicted octanol–water partition coefficient (Wildman–Crippen LogP) is 3.54. The zero-order valence-corrected chi connectivity index (χ0v) is 20.3. The van der Waals surface area contributed by atoms with Crippen LogP contribution in [0.25, 0.3) is 0 Å². The lowest BCUT2D eigenvalue weighted by atomic mass is 9.76. The van der Waals surface area contributed by atoms with Crippen LogP contribution in [0.15, 0.2) is 35.7 Å². The van der Waals surface area contributed by atoms with Gasteiger partial charge in [0.05, 0.1) is 6.33 Å². The first-order valence-corrected chi connectivity index (χ1v) is 13.2. The molecule has 0 radical (unpaired) electrons. The number of aryl methyl sites for hydroxylation is 2. The first kappa shape index (κ1) is 24.0. The van der Waals surface area contributed by atoms with Gasteiger partial charge in [0, 0.05) is 56.9 Å². The van der Waals surface area contributed by atoms with Gasteiger partial charge < -0.3 is 4.57 Å². The molecule has 180 valence electrons. The van der Waals surface area contributed by atoms with Crippen LogP contribution < -0.4 is 0 Å². The summed E-state index contributed by atoms with van der Waals surface area (Å²) in [5.41, 5.74) is 1.18. The van der Waals surface area contributed by atoms with Crippen LogP contribution in [0.5, 0.6) is 0 Å². The van der Waals surface area contributed by atoms with Crippen molar-refractivity contribution < 1.29 is 17.6 Å². The summed E-state index contributed by atoms with van der Waals surface area (Å²) in [6, 6.07) is 4.34. The average Bonchev–Trinajstić information content (AvgIpc) is 3.25. The minimum absolute atomic E-state index is 0.0498. The lowest BCUT2D eigenvalue weighted by molar-refractivity contribution is 0.0165. The fourth-order valence-corrected chi connectivity index (χ4v) is 6.80. The predicted molar refractivity (Wildman–Crippen MR) is 124 cm³/mol. The topological polar surface area (TPSA) is 75.5 Å². The first-order chi connectivity index (χ1) is 15.7. The Labute approximate surface area is 195 Å². The molecular weight excluding hydrogens is 443 g/mol. The van der Waals surface area contributed by atoms with Gasteiger partial charge in [0.25, 0.3) is 10.0 Å². The number of sulfonamides is 1. The Hall–Kier alpha value is -2.10. The van der Waals surface area contributed by atoms with Crippen molar-refractivity contribution in [3.8, 4) is 0 Å². The third-order valence-corrected chi connectivity index (χ3v) is 9.07. The fraction of sp³-hybridized carbons (Fsp3) is 0.583. The van der Waals surface area contributed by atoms with Crippen LogP contribution in [-0.4, -0.2) is 64.7 Å². The van der Waals surface area contributed by atoms with Gasteiger partial charge in [-0.1, -0.05) is 19.3 Å². The zero-order valence-electron chi connectivity index (χ0n) is 19.5. The number of hydrogen-bond donors (Lipinski definition) is 0. The van der Waals surface area contributed by atoms with Crippen molar-refractivity contribution in [1.29, 1.82) is 0 Å². The van der Waals surface area contributed by atoms with E-state index < -0.39 is 10.0 Å². The molecule has 1 aromatic heterocycles. The minimum Gasteiger partial charge on any atom is -0.339 e. The second kappa shape index (κ2) is 9.64. The lowest BCUT2D eigenvalue weighted by Crippen LogP contribution is -2.58. The normalized spacial score (nSPS) is 20.1. The number of benzene rings is 1. The third-order valence-electron chi connectivity index (χ3n) is 7.29. The Balaban J connectivity index is 1.44. The van der Waals surface area contributed by atoms with E-state index >= 15 is 0 Å². The Kier molecular flexibility index (Phi) is 7.02. The van der Waals surface area contributed by atoms with Gasteiger partial charge in [0.15, 0.2) is 10.8 Å². The number of piperazine rings is 1. The fourth-order valence-electron chi connectivity index (χ4n) is 5.41. The number of halogens is 1. The minimum atomic E-state index is -3.60. The molecule has 1 saturated carbocycles. The molecule has 4 rings (SSSR count). The number of carbonyl (C=O) groups excluding carboxylic acids is 1. The molecule has 1 aliphatic heterocycles. The maximum atomic E-state index is 13.4. The van der Waals surface area contributed by atoms with Gasteiger partial charge in [0.2, 0.25) is 0 Å². The molecule has 7 nitrogen and oxygen atoms in total. The summed E-state index contributed by atoms with van der Waals surface area (Å²) in [6.45, 7) is 3.91. The number of rotatable bonds is 7. The summed E-state index contributed by atoms with van der Waals surface area (Å²) in [5.74, 6) is -0.278. The van der Waals surface area contributed by atoms with Gasteiger partial charge in [-0.05, 0) is 49.9 Å². The van der Waals surface area contributed by atoms with E-state index in [1.807, 2.05) is 0 Å². The maximum absolute atomic E-state index is 13.4. The van der Waals surface area contributed by atoms with E-state index in [4.69, 9.17) is 0 Å². The van der Waals surface area contributed by atoms with Crippen molar-refractivity contribution >= 4 is 15.8 Å². The number of Topliss-reactive ketones (excluding diaryl/α,β-unsaturated/α-hetero) is 1. The molecule has 1 aromatic carbocycles. The zero-order chi connectivity index (χ0) is 23.6. The smallest absolute Gasteiger partial charge is 0.262 e. The second-order valence-electron chi connectivity index (χ2n) is 9.44. The molecule has 2 aromatic rings. The SMILES string of the molecule is Cc1cc(F)ccc1C(=O)CCC1(N2CCN(S(=O)(=O)c3cn(C)cn3)CC2)CCCCC1. The molecule has 1 aliphatic carbocycles. The molecule has 0 N–H and O–H groups in total. The molecule has 33 heavy (non-hydrogen) atoms. The Morgan fingerprint density at radius 3 is 2.42 bits per heavy atom. The molecular formula is C24H33FN4O3S. The Morgan fingerprint density at radius 2 is 1.82 bits per heavy atom. The van der Waals surface area contributed by atoms with Crippen LogP contribution in [0.4, 0.5) is 4.39 Å². The number of imidazole rings is 1. The third kappa shape index (κ3) is 5.05. The quantitative estimate of drug-likeness (QED) is 0.572. The van der Waals surface area contributed by atoms with Crippen LogP contribution in [0.2, 0.25) is 0 Å². The number of carbonyl (C=O) groups is 1. The van der Waals surface area contributed by atoms with Crippen molar-refractivity contribution in [2.45, 2.75) is 62.4 Å². The van der Waals surface area contributed by atoms with Crippen LogP contribution >= 0.6 is 0 Å². The van der Waals surface area contributed by atoms with Crippen molar-refractivity contribution in [3.05, 3.63) is 47.7 Å². The highest BCUT2D eigenvalue weighted by molar-refractivity contribution is 7.89. The first-order valence-electron chi connectivity index (χ1n) is 11.7. The number of ketones is 1. The van der Waals surface area contributed by atoms with Crippen molar-refractivity contribution in [2.75, 3.05) is 26.2 Å². The summed E-state index contributed by atoms with van der Waals surface area (Å²) < 4.78 is 42.5. The van der Waals surface area contributed by atoms with Crippen molar-refractivity contribution in [3.63, 3.8) is 0 Å². The highest BCUT2D eigenvalue weighted by Crippen LogP contribution is 2.39. The lowest BCUT2D eigenvalue weighted by Gasteiger charge is -2.49. The van der Waals surface area contributed by atoms with E-state index in [0.717, 1.165) is 32.1 Å². The average molecular weight is 477 g/mol. The molecule has 2 fully saturated rings. The Morgan fingerprint density at radius 1 is 1.12 bits per heavy atom. The highest BCUT2D eigenvalue weighted by atomic mass is 32.2. The van der Waals surface area contributed by atoms with E-state index in [2.05, 4.69) is 9.88 Å². The summed E-state index contributed by atoms with van der Waals surface area (Å²) in [5, 5.41) is 0.0890. The van der Waals surface area contributed by atoms with Gasteiger partial charge in [-0.3, -0.25) is 9.69 Å². The molecule has 0 atom stereocenters. The number of nitrogens with zero attached hydrogens (tertiary/aromatic N) is 4. The second-order valence-corrected chi connectivity index (χ2v) is 11.3. The standard InChI is InChI=1S/C24H33FN4O3S/c1-19-16-20(25)6-7-21(19)22(30)8-11-24(9-4-3-5-10-24)28-12-14-29(15-13-28)33(31,32)23-17-27(2)18-26-23/h6-7,16-18H,3-5,8-15H2,1-2H3. The molecule has 0 spiro atoms. The molecule has 0 amide bonds. The van der Waals surface area contributed by atoms with E-state index in [1.54, 1.807) is 24.6 Å². The van der Waals surface area contributed by atoms with Crippen LogP contribution in [0, 0.1) is 12.7 Å². The number of hydrogen-bond acceptors (Lipinski definition) is 5. The van der Waals surface area contributed by atoms with Crippen molar-refractivity contribution in [2.24, 2.45) is 7.05 Å². The Bertz CT molecular complexity index is 1100. The summed E-state index contributed by atoms with van der Waals surface area (Å²) in [7, 11) is -1.84. The van der Waals surface area contributed by atoms with Crippen LogP contribution in [-0.2, 0) is 17.1 Å². The van der Waals surface area contributed by atoms with Crippen LogP contribution in [0.3, 0.4) is 0 Å². The molecule has 1 saturated heterocycles. The van der Waals surface area contributed by atoms with E-state index in [-0.39, 0.29) is 22.2 Å². The summed E-state index contributed by atoms with van der Waals surface area (Å²) >= 11 is 0. The van der Waals surface area contributed by atoms with Crippen LogP contribution in [0.1, 0.15) is 60.9 Å². The van der Waals surface area contributed by atoms with Gasteiger partial charge in [-0.25, -0.2) is 17.8 Å². The van der Waals surface area contributed by atoms with Gasteiger partial charge in [-0.15, -0.1) is 0 Å². The van der Waals surface area contributed by atoms with Gasteiger partial charge >= 0.3 is 0 Å². The number of aromatic nitrogens is 2. The van der Waals surface area contributed by atoms with Gasteiger partial charge in [-0.2, -0.15) is 4.31 Å². The summed E-state index contributed by atoms with van der Waals surface area (Å²) in [6.07, 6.45) is 9.68. The van der Waals surface area contributed by atoms with Crippen molar-refractivity contribution in [1.82, 2.24) is 18.8 Å². The maximum Gasteiger partial charge on any atom is 0.262 e. The molecule has 2 aliphatic rings. The van der Waals surface area contributed by atoms with E-state index in [9.17, 15) is 17.6 Å². The van der Waals surface area contributed by atoms with Gasteiger partial charge in [0.1, 0.15) is 5.82 Å². The molecule has 9 heteroatoms. The van der Waals surface area contributed by atoms with E-state index in [0.29, 0.717) is 43.7 Å². The largest absolute Gasteiger partial charge is 0.339 e. The highest BCUT2D eigenvalue weighted by Gasteiger charge is 2.41.